The Morgan fingerprint density at radius 2 is 2.20 bits per heavy atom. The maximum Gasteiger partial charge on any atom is 0.267 e. The van der Waals surface area contributed by atoms with Crippen LogP contribution in [0.3, 0.4) is 0 Å². The van der Waals surface area contributed by atoms with Crippen molar-refractivity contribution >= 4 is 21.8 Å². The second-order valence-electron chi connectivity index (χ2n) is 3.73. The van der Waals surface area contributed by atoms with Gasteiger partial charge in [0.2, 0.25) is 0 Å². The molecule has 0 spiro atoms. The van der Waals surface area contributed by atoms with E-state index in [1.807, 2.05) is 0 Å². The number of rotatable bonds is 2. The molecule has 0 saturated carbocycles. The smallest absolute Gasteiger partial charge is 0.267 e. The van der Waals surface area contributed by atoms with E-state index < -0.39 is 0 Å². The molecular formula is C10H14BrN3O. The summed E-state index contributed by atoms with van der Waals surface area (Å²) in [5.74, 6) is -0.0207. The Morgan fingerprint density at radius 1 is 1.47 bits per heavy atom. The fourth-order valence-corrected chi connectivity index (χ4v) is 2.07. The average molecular weight is 272 g/mol. The van der Waals surface area contributed by atoms with Crippen LogP contribution in [0.25, 0.3) is 0 Å². The van der Waals surface area contributed by atoms with Crippen LogP contribution in [0.15, 0.2) is 16.7 Å². The average Bonchev–Trinajstić information content (AvgIpc) is 2.66. The van der Waals surface area contributed by atoms with Gasteiger partial charge in [0.25, 0.3) is 5.91 Å². The van der Waals surface area contributed by atoms with Crippen LogP contribution in [0.1, 0.15) is 23.3 Å². The first-order chi connectivity index (χ1) is 7.25. The number of halogens is 1. The minimum absolute atomic E-state index is 0.0207. The molecule has 1 aliphatic heterocycles. The first-order valence-electron chi connectivity index (χ1n) is 5.11. The number of H-pyrrole nitrogens is 1. The lowest BCUT2D eigenvalue weighted by atomic mass is 10.1. The minimum atomic E-state index is -0.0207. The van der Waals surface area contributed by atoms with Crippen molar-refractivity contribution < 1.29 is 4.79 Å². The first kappa shape index (κ1) is 10.7. The lowest BCUT2D eigenvalue weighted by Gasteiger charge is -2.23. The molecule has 0 aromatic carbocycles. The van der Waals surface area contributed by atoms with Gasteiger partial charge in [-0.05, 0) is 47.9 Å². The van der Waals surface area contributed by atoms with Crippen molar-refractivity contribution in [3.8, 4) is 0 Å². The number of aromatic amines is 1. The number of nitrogens with one attached hydrogen (secondary N) is 3. The van der Waals surface area contributed by atoms with E-state index >= 15 is 0 Å². The summed E-state index contributed by atoms with van der Waals surface area (Å²) < 4.78 is 0.901. The fourth-order valence-electron chi connectivity index (χ4n) is 1.73. The summed E-state index contributed by atoms with van der Waals surface area (Å²) in [5.41, 5.74) is 0.611. The normalized spacial score (nSPS) is 17.7. The van der Waals surface area contributed by atoms with E-state index in [2.05, 4.69) is 31.5 Å². The third-order valence-electron chi connectivity index (χ3n) is 2.57. The standard InChI is InChI=1S/C10H14BrN3O/c11-7-5-9(13-6-7)10(15)14-8-1-3-12-4-2-8/h5-6,8,12-13H,1-4H2,(H,14,15). The Morgan fingerprint density at radius 3 is 2.80 bits per heavy atom. The maximum absolute atomic E-state index is 11.7. The van der Waals surface area contributed by atoms with Gasteiger partial charge in [0.1, 0.15) is 5.69 Å². The Balaban J connectivity index is 1.91. The van der Waals surface area contributed by atoms with Gasteiger partial charge in [-0.1, -0.05) is 0 Å². The highest BCUT2D eigenvalue weighted by Crippen LogP contribution is 2.11. The highest BCUT2D eigenvalue weighted by atomic mass is 79.9. The van der Waals surface area contributed by atoms with Crippen LogP contribution in [-0.4, -0.2) is 30.0 Å². The van der Waals surface area contributed by atoms with Gasteiger partial charge < -0.3 is 15.6 Å². The molecule has 2 heterocycles. The van der Waals surface area contributed by atoms with E-state index in [9.17, 15) is 4.79 Å². The quantitative estimate of drug-likeness (QED) is 0.759. The summed E-state index contributed by atoms with van der Waals surface area (Å²) in [6.07, 6.45) is 3.78. The third-order valence-corrected chi connectivity index (χ3v) is 3.02. The lowest BCUT2D eigenvalue weighted by Crippen LogP contribution is -2.42. The molecule has 15 heavy (non-hydrogen) atoms. The van der Waals surface area contributed by atoms with Crippen molar-refractivity contribution in [2.24, 2.45) is 0 Å². The summed E-state index contributed by atoms with van der Waals surface area (Å²) in [7, 11) is 0. The van der Waals surface area contributed by atoms with Crippen LogP contribution in [0.5, 0.6) is 0 Å². The van der Waals surface area contributed by atoms with Crippen molar-refractivity contribution in [1.82, 2.24) is 15.6 Å². The van der Waals surface area contributed by atoms with Gasteiger partial charge in [-0.3, -0.25) is 4.79 Å². The Labute approximate surface area is 97.0 Å². The second-order valence-corrected chi connectivity index (χ2v) is 4.64. The maximum atomic E-state index is 11.7. The summed E-state index contributed by atoms with van der Waals surface area (Å²) >= 11 is 3.30. The van der Waals surface area contributed by atoms with Crippen LogP contribution < -0.4 is 10.6 Å². The van der Waals surface area contributed by atoms with Crippen LogP contribution in [0.2, 0.25) is 0 Å². The van der Waals surface area contributed by atoms with Gasteiger partial charge in [-0.25, -0.2) is 0 Å². The zero-order valence-electron chi connectivity index (χ0n) is 8.35. The highest BCUT2D eigenvalue weighted by molar-refractivity contribution is 9.10. The highest BCUT2D eigenvalue weighted by Gasteiger charge is 2.16. The van der Waals surface area contributed by atoms with E-state index in [-0.39, 0.29) is 5.91 Å². The van der Waals surface area contributed by atoms with E-state index in [4.69, 9.17) is 0 Å². The molecule has 1 fully saturated rings. The predicted molar refractivity (Wildman–Crippen MR) is 61.9 cm³/mol. The van der Waals surface area contributed by atoms with Crippen molar-refractivity contribution in [3.63, 3.8) is 0 Å². The fraction of sp³-hybridized carbons (Fsp3) is 0.500. The van der Waals surface area contributed by atoms with Gasteiger partial charge in [0.15, 0.2) is 0 Å². The molecule has 2 rings (SSSR count). The van der Waals surface area contributed by atoms with Gasteiger partial charge in [0.05, 0.1) is 0 Å². The van der Waals surface area contributed by atoms with E-state index in [0.29, 0.717) is 11.7 Å². The molecule has 1 saturated heterocycles. The molecule has 1 amide bonds. The van der Waals surface area contributed by atoms with E-state index in [0.717, 1.165) is 30.4 Å². The molecule has 3 N–H and O–H groups in total. The first-order valence-corrected chi connectivity index (χ1v) is 5.90. The number of amides is 1. The van der Waals surface area contributed by atoms with Gasteiger partial charge in [-0.2, -0.15) is 0 Å². The molecule has 0 aliphatic carbocycles. The molecule has 1 aromatic rings. The largest absolute Gasteiger partial charge is 0.356 e. The Bertz CT molecular complexity index is 344. The summed E-state index contributed by atoms with van der Waals surface area (Å²) in [5, 5.41) is 6.28. The third kappa shape index (κ3) is 2.82. The van der Waals surface area contributed by atoms with Crippen LogP contribution >= 0.6 is 15.9 Å². The van der Waals surface area contributed by atoms with Crippen molar-refractivity contribution in [3.05, 3.63) is 22.4 Å². The number of hydrogen-bond donors (Lipinski definition) is 3. The van der Waals surface area contributed by atoms with Crippen LogP contribution in [-0.2, 0) is 0 Å². The molecule has 0 bridgehead atoms. The molecule has 0 radical (unpaired) electrons. The summed E-state index contributed by atoms with van der Waals surface area (Å²) in [4.78, 5) is 14.7. The SMILES string of the molecule is O=C(NC1CCNCC1)c1cc(Br)c[nH]1. The van der Waals surface area contributed by atoms with E-state index in [1.54, 1.807) is 12.3 Å². The molecule has 5 heteroatoms. The topological polar surface area (TPSA) is 56.9 Å². The Hall–Kier alpha value is -0.810. The van der Waals surface area contributed by atoms with Crippen molar-refractivity contribution in [1.29, 1.82) is 0 Å². The predicted octanol–water partition coefficient (Wildman–Crippen LogP) is 1.26. The molecular weight excluding hydrogens is 258 g/mol. The molecule has 4 nitrogen and oxygen atoms in total. The van der Waals surface area contributed by atoms with Crippen molar-refractivity contribution in [2.75, 3.05) is 13.1 Å². The van der Waals surface area contributed by atoms with Gasteiger partial charge in [-0.15, -0.1) is 0 Å². The van der Waals surface area contributed by atoms with Gasteiger partial charge in [0, 0.05) is 16.7 Å². The summed E-state index contributed by atoms with van der Waals surface area (Å²) in [6, 6.07) is 2.09. The number of piperidine rings is 1. The lowest BCUT2D eigenvalue weighted by molar-refractivity contribution is 0.0925. The zero-order chi connectivity index (χ0) is 10.7. The van der Waals surface area contributed by atoms with E-state index in [1.165, 1.54) is 0 Å². The molecule has 1 aromatic heterocycles. The zero-order valence-corrected chi connectivity index (χ0v) is 9.93. The molecule has 82 valence electrons. The molecule has 0 unspecified atom stereocenters. The van der Waals surface area contributed by atoms with Crippen LogP contribution in [0, 0.1) is 0 Å². The number of carbonyl (C=O) groups is 1. The van der Waals surface area contributed by atoms with Crippen molar-refractivity contribution in [2.45, 2.75) is 18.9 Å². The number of aromatic nitrogens is 1. The molecule has 1 aliphatic rings. The second kappa shape index (κ2) is 4.81. The van der Waals surface area contributed by atoms with Gasteiger partial charge >= 0.3 is 0 Å². The summed E-state index contributed by atoms with van der Waals surface area (Å²) in [6.45, 7) is 1.97. The number of hydrogen-bond acceptors (Lipinski definition) is 2. The minimum Gasteiger partial charge on any atom is -0.356 e. The monoisotopic (exact) mass is 271 g/mol. The molecule has 0 atom stereocenters. The Kier molecular flexibility index (Phi) is 3.43. The number of carbonyl (C=O) groups excluding carboxylic acids is 1. The van der Waals surface area contributed by atoms with Crippen LogP contribution in [0.4, 0.5) is 0 Å².